The fourth-order valence-corrected chi connectivity index (χ4v) is 1.69. The molecule has 1 atom stereocenters. The van der Waals surface area contributed by atoms with E-state index in [2.05, 4.69) is 5.32 Å². The van der Waals surface area contributed by atoms with E-state index in [9.17, 15) is 9.59 Å². The van der Waals surface area contributed by atoms with Gasteiger partial charge in [0.05, 0.1) is 6.61 Å². The molecule has 0 fully saturated rings. The molecule has 0 saturated carbocycles. The number of carbonyl (C=O) groups is 2. The summed E-state index contributed by atoms with van der Waals surface area (Å²) in [6, 6.07) is -0.852. The quantitative estimate of drug-likeness (QED) is 0.421. The Morgan fingerprint density at radius 2 is 2.13 bits per heavy atom. The number of aliphatic carboxylic acids is 1. The first-order valence-corrected chi connectivity index (χ1v) is 5.57. The zero-order valence-corrected chi connectivity index (χ0v) is 9.29. The Kier molecular flexibility index (Phi) is 7.75. The monoisotopic (exact) mass is 233 g/mol. The average molecular weight is 233 g/mol. The molecule has 0 aromatic rings. The number of carboxylic acids is 1. The van der Waals surface area contributed by atoms with Crippen LogP contribution < -0.4 is 5.32 Å². The lowest BCUT2D eigenvalue weighted by atomic mass is 10.3. The standard InChI is InChI=1S/C9H15NO4S/c1-7(12)10-8(9(13)14)6-15-5-3-2-4-11/h2-3,8,11H,4-6H2,1H3,(H,10,12)(H,13,14)/b3-2+/t8-/m1/s1. The second kappa shape index (κ2) is 8.31. The predicted octanol–water partition coefficient (Wildman–Crippen LogP) is -0.143. The lowest BCUT2D eigenvalue weighted by Gasteiger charge is -2.11. The van der Waals surface area contributed by atoms with Gasteiger partial charge in [-0.3, -0.25) is 4.79 Å². The summed E-state index contributed by atoms with van der Waals surface area (Å²) >= 11 is 1.38. The molecule has 0 heterocycles. The third-order valence-corrected chi connectivity index (χ3v) is 2.44. The zero-order chi connectivity index (χ0) is 11.7. The van der Waals surface area contributed by atoms with Gasteiger partial charge in [0.25, 0.3) is 0 Å². The Labute approximate surface area is 92.6 Å². The fraction of sp³-hybridized carbons (Fsp3) is 0.556. The number of nitrogens with one attached hydrogen (secondary N) is 1. The molecule has 0 aromatic heterocycles. The Morgan fingerprint density at radius 1 is 1.47 bits per heavy atom. The normalized spacial score (nSPS) is 12.7. The third-order valence-electron chi connectivity index (χ3n) is 1.45. The van der Waals surface area contributed by atoms with Crippen molar-refractivity contribution in [1.29, 1.82) is 0 Å². The molecular formula is C9H15NO4S. The van der Waals surface area contributed by atoms with Gasteiger partial charge in [0, 0.05) is 18.4 Å². The molecule has 0 unspecified atom stereocenters. The molecule has 0 aromatic carbocycles. The SMILES string of the molecule is CC(=O)N[C@H](CSC/C=C/CO)C(=O)O. The molecule has 1 amide bonds. The first-order chi connectivity index (χ1) is 7.07. The Balaban J connectivity index is 3.81. The molecule has 86 valence electrons. The minimum absolute atomic E-state index is 0.0192. The van der Waals surface area contributed by atoms with Crippen LogP contribution in [-0.4, -0.2) is 46.2 Å². The topological polar surface area (TPSA) is 86.6 Å². The van der Waals surface area contributed by atoms with E-state index in [-0.39, 0.29) is 12.5 Å². The molecule has 0 aliphatic heterocycles. The maximum atomic E-state index is 10.7. The van der Waals surface area contributed by atoms with Crippen LogP contribution in [0.1, 0.15) is 6.92 Å². The summed E-state index contributed by atoms with van der Waals surface area (Å²) in [5, 5.41) is 19.5. The van der Waals surface area contributed by atoms with Crippen LogP contribution in [0.3, 0.4) is 0 Å². The predicted molar refractivity (Wildman–Crippen MR) is 58.8 cm³/mol. The molecule has 0 aliphatic carbocycles. The Bertz CT molecular complexity index is 242. The number of hydrogen-bond donors (Lipinski definition) is 3. The minimum atomic E-state index is -1.04. The van der Waals surface area contributed by atoms with E-state index < -0.39 is 12.0 Å². The van der Waals surface area contributed by atoms with Gasteiger partial charge in [0.15, 0.2) is 0 Å². The molecule has 0 bridgehead atoms. The maximum absolute atomic E-state index is 10.7. The number of carbonyl (C=O) groups excluding carboxylic acids is 1. The van der Waals surface area contributed by atoms with Crippen LogP contribution in [0.2, 0.25) is 0 Å². The Hall–Kier alpha value is -1.01. The molecule has 0 radical (unpaired) electrons. The van der Waals surface area contributed by atoms with Crippen LogP contribution in [0, 0.1) is 0 Å². The largest absolute Gasteiger partial charge is 0.480 e. The van der Waals surface area contributed by atoms with Crippen LogP contribution in [0.25, 0.3) is 0 Å². The highest BCUT2D eigenvalue weighted by molar-refractivity contribution is 7.99. The second-order valence-corrected chi connectivity index (χ2v) is 3.86. The lowest BCUT2D eigenvalue weighted by Crippen LogP contribution is -2.41. The highest BCUT2D eigenvalue weighted by Crippen LogP contribution is 2.03. The summed E-state index contributed by atoms with van der Waals surface area (Å²) in [6.07, 6.45) is 3.33. The minimum Gasteiger partial charge on any atom is -0.480 e. The van der Waals surface area contributed by atoms with Gasteiger partial charge < -0.3 is 15.5 Å². The average Bonchev–Trinajstić information content (AvgIpc) is 2.15. The highest BCUT2D eigenvalue weighted by atomic mass is 32.2. The van der Waals surface area contributed by atoms with Gasteiger partial charge in [0.1, 0.15) is 6.04 Å². The Morgan fingerprint density at radius 3 is 2.60 bits per heavy atom. The van der Waals surface area contributed by atoms with E-state index >= 15 is 0 Å². The first kappa shape index (κ1) is 14.0. The summed E-state index contributed by atoms with van der Waals surface area (Å²) in [5.41, 5.74) is 0. The number of rotatable bonds is 7. The van der Waals surface area contributed by atoms with Crippen LogP contribution in [0.4, 0.5) is 0 Å². The van der Waals surface area contributed by atoms with Crippen molar-refractivity contribution in [1.82, 2.24) is 5.32 Å². The number of aliphatic hydroxyl groups is 1. The summed E-state index contributed by atoms with van der Waals surface area (Å²) in [5.74, 6) is -0.466. The number of aliphatic hydroxyl groups excluding tert-OH is 1. The van der Waals surface area contributed by atoms with Crippen LogP contribution in [-0.2, 0) is 9.59 Å². The van der Waals surface area contributed by atoms with Crippen molar-refractivity contribution in [2.45, 2.75) is 13.0 Å². The molecule has 15 heavy (non-hydrogen) atoms. The van der Waals surface area contributed by atoms with Gasteiger partial charge in [-0.2, -0.15) is 11.8 Å². The summed E-state index contributed by atoms with van der Waals surface area (Å²) in [7, 11) is 0. The maximum Gasteiger partial charge on any atom is 0.327 e. The highest BCUT2D eigenvalue weighted by Gasteiger charge is 2.17. The molecule has 0 spiro atoms. The lowest BCUT2D eigenvalue weighted by molar-refractivity contribution is -0.140. The molecule has 5 nitrogen and oxygen atoms in total. The molecule has 6 heteroatoms. The van der Waals surface area contributed by atoms with Crippen molar-refractivity contribution in [3.63, 3.8) is 0 Å². The molecule has 0 rings (SSSR count). The first-order valence-electron chi connectivity index (χ1n) is 4.41. The molecule has 0 saturated heterocycles. The fourth-order valence-electron chi connectivity index (χ4n) is 0.817. The van der Waals surface area contributed by atoms with Gasteiger partial charge in [-0.15, -0.1) is 0 Å². The molecular weight excluding hydrogens is 218 g/mol. The number of hydrogen-bond acceptors (Lipinski definition) is 4. The van der Waals surface area contributed by atoms with Crippen molar-refractivity contribution in [2.75, 3.05) is 18.1 Å². The van der Waals surface area contributed by atoms with E-state index in [4.69, 9.17) is 10.2 Å². The van der Waals surface area contributed by atoms with Crippen LogP contribution >= 0.6 is 11.8 Å². The van der Waals surface area contributed by atoms with Crippen LogP contribution in [0.15, 0.2) is 12.2 Å². The van der Waals surface area contributed by atoms with E-state index in [0.29, 0.717) is 11.5 Å². The number of amides is 1. The van der Waals surface area contributed by atoms with Crippen molar-refractivity contribution in [3.8, 4) is 0 Å². The number of thioether (sulfide) groups is 1. The van der Waals surface area contributed by atoms with Gasteiger partial charge >= 0.3 is 5.97 Å². The summed E-state index contributed by atoms with van der Waals surface area (Å²) < 4.78 is 0. The second-order valence-electron chi connectivity index (χ2n) is 2.78. The third kappa shape index (κ3) is 8.02. The van der Waals surface area contributed by atoms with Crippen molar-refractivity contribution >= 4 is 23.6 Å². The van der Waals surface area contributed by atoms with Crippen molar-refractivity contribution < 1.29 is 19.8 Å². The van der Waals surface area contributed by atoms with Gasteiger partial charge in [0.2, 0.25) is 5.91 Å². The molecule has 0 aliphatic rings. The van der Waals surface area contributed by atoms with Gasteiger partial charge in [-0.1, -0.05) is 12.2 Å². The van der Waals surface area contributed by atoms with E-state index in [0.717, 1.165) is 0 Å². The smallest absolute Gasteiger partial charge is 0.327 e. The van der Waals surface area contributed by atoms with E-state index in [1.165, 1.54) is 18.7 Å². The van der Waals surface area contributed by atoms with E-state index in [1.807, 2.05) is 0 Å². The van der Waals surface area contributed by atoms with Crippen molar-refractivity contribution in [2.24, 2.45) is 0 Å². The van der Waals surface area contributed by atoms with E-state index in [1.54, 1.807) is 12.2 Å². The van der Waals surface area contributed by atoms with Gasteiger partial charge in [-0.25, -0.2) is 4.79 Å². The van der Waals surface area contributed by atoms with Crippen LogP contribution in [0.5, 0.6) is 0 Å². The zero-order valence-electron chi connectivity index (χ0n) is 8.47. The number of carboxylic acid groups (broad SMARTS) is 1. The molecule has 3 N–H and O–H groups in total. The van der Waals surface area contributed by atoms with Gasteiger partial charge in [-0.05, 0) is 0 Å². The summed E-state index contributed by atoms with van der Waals surface area (Å²) in [6.45, 7) is 1.26. The van der Waals surface area contributed by atoms with Crippen molar-refractivity contribution in [3.05, 3.63) is 12.2 Å². The summed E-state index contributed by atoms with van der Waals surface area (Å²) in [4.78, 5) is 21.3.